The summed E-state index contributed by atoms with van der Waals surface area (Å²) in [6.45, 7) is 8.35. The van der Waals surface area contributed by atoms with Crippen LogP contribution in [0.3, 0.4) is 0 Å². The van der Waals surface area contributed by atoms with Gasteiger partial charge in [-0.2, -0.15) is 0 Å². The number of rotatable bonds is 5. The number of anilines is 1. The SMILES string of the molecule is CCOCc1ccc(-c2c(C)nc3c(N4CCOCC4)nccn23)cn1. The van der Waals surface area contributed by atoms with Crippen LogP contribution in [0.4, 0.5) is 5.82 Å². The molecule has 3 aromatic rings. The van der Waals surface area contributed by atoms with E-state index in [1.54, 1.807) is 0 Å². The maximum Gasteiger partial charge on any atom is 0.181 e. The Kier molecular flexibility index (Phi) is 4.81. The van der Waals surface area contributed by atoms with Crippen LogP contribution < -0.4 is 4.90 Å². The van der Waals surface area contributed by atoms with Gasteiger partial charge in [0.05, 0.1) is 36.9 Å². The standard InChI is InChI=1S/C19H23N5O2/c1-3-25-13-16-5-4-15(12-21-16)17-14(2)22-19-18(20-6-7-24(17)19)23-8-10-26-11-9-23/h4-7,12H,3,8-11,13H2,1-2H3. The number of morpholine rings is 1. The van der Waals surface area contributed by atoms with Gasteiger partial charge in [0.15, 0.2) is 11.5 Å². The number of hydrogen-bond acceptors (Lipinski definition) is 6. The average molecular weight is 353 g/mol. The third-order valence-electron chi connectivity index (χ3n) is 4.56. The monoisotopic (exact) mass is 353 g/mol. The zero-order valence-corrected chi connectivity index (χ0v) is 15.2. The van der Waals surface area contributed by atoms with Crippen molar-refractivity contribution < 1.29 is 9.47 Å². The fraction of sp³-hybridized carbons (Fsp3) is 0.421. The Bertz CT molecular complexity index is 885. The van der Waals surface area contributed by atoms with Crippen LogP contribution in [0.1, 0.15) is 18.3 Å². The van der Waals surface area contributed by atoms with Crippen molar-refractivity contribution in [1.82, 2.24) is 19.4 Å². The minimum absolute atomic E-state index is 0.536. The van der Waals surface area contributed by atoms with Crippen LogP contribution in [-0.2, 0) is 16.1 Å². The van der Waals surface area contributed by atoms with E-state index in [1.165, 1.54) is 0 Å². The molecular formula is C19H23N5O2. The maximum absolute atomic E-state index is 5.46. The second-order valence-electron chi connectivity index (χ2n) is 6.27. The first-order valence-corrected chi connectivity index (χ1v) is 8.97. The fourth-order valence-electron chi connectivity index (χ4n) is 3.28. The first-order chi connectivity index (χ1) is 12.8. The molecule has 0 saturated carbocycles. The van der Waals surface area contributed by atoms with Gasteiger partial charge in [-0.3, -0.25) is 9.38 Å². The predicted octanol–water partition coefficient (Wildman–Crippen LogP) is 2.47. The number of nitrogens with zero attached hydrogens (tertiary/aromatic N) is 5. The molecule has 1 fully saturated rings. The summed E-state index contributed by atoms with van der Waals surface area (Å²) in [5, 5.41) is 0. The highest BCUT2D eigenvalue weighted by Gasteiger charge is 2.20. The quantitative estimate of drug-likeness (QED) is 0.702. The van der Waals surface area contributed by atoms with Gasteiger partial charge in [-0.1, -0.05) is 0 Å². The van der Waals surface area contributed by atoms with Crippen molar-refractivity contribution in [2.45, 2.75) is 20.5 Å². The first-order valence-electron chi connectivity index (χ1n) is 8.97. The molecule has 3 aromatic heterocycles. The van der Waals surface area contributed by atoms with Gasteiger partial charge in [-0.05, 0) is 26.0 Å². The van der Waals surface area contributed by atoms with E-state index in [2.05, 4.69) is 25.3 Å². The van der Waals surface area contributed by atoms with Gasteiger partial charge >= 0.3 is 0 Å². The molecule has 136 valence electrons. The van der Waals surface area contributed by atoms with Crippen molar-refractivity contribution in [3.05, 3.63) is 42.1 Å². The minimum atomic E-state index is 0.536. The molecule has 0 amide bonds. The number of hydrogen-bond donors (Lipinski definition) is 0. The second-order valence-corrected chi connectivity index (χ2v) is 6.27. The summed E-state index contributed by atoms with van der Waals surface area (Å²) in [7, 11) is 0. The fourth-order valence-corrected chi connectivity index (χ4v) is 3.28. The van der Waals surface area contributed by atoms with E-state index in [0.717, 1.165) is 60.4 Å². The normalized spacial score (nSPS) is 14.9. The highest BCUT2D eigenvalue weighted by atomic mass is 16.5. The summed E-state index contributed by atoms with van der Waals surface area (Å²) in [6.07, 6.45) is 5.68. The molecule has 1 aliphatic rings. The Hall–Kier alpha value is -2.51. The average Bonchev–Trinajstić information content (AvgIpc) is 3.03. The molecule has 7 heteroatoms. The van der Waals surface area contributed by atoms with E-state index >= 15 is 0 Å². The zero-order chi connectivity index (χ0) is 17.9. The van der Waals surface area contributed by atoms with Crippen LogP contribution in [0.2, 0.25) is 0 Å². The van der Waals surface area contributed by atoms with Crippen molar-refractivity contribution in [3.8, 4) is 11.3 Å². The van der Waals surface area contributed by atoms with E-state index in [1.807, 2.05) is 38.5 Å². The van der Waals surface area contributed by atoms with Gasteiger partial charge in [-0.25, -0.2) is 9.97 Å². The Morgan fingerprint density at radius 1 is 1.19 bits per heavy atom. The molecule has 0 spiro atoms. The highest BCUT2D eigenvalue weighted by molar-refractivity contribution is 5.73. The number of ether oxygens (including phenoxy) is 2. The van der Waals surface area contributed by atoms with Gasteiger partial charge in [0, 0.05) is 43.9 Å². The topological polar surface area (TPSA) is 64.8 Å². The minimum Gasteiger partial charge on any atom is -0.378 e. The van der Waals surface area contributed by atoms with Crippen molar-refractivity contribution >= 4 is 11.5 Å². The van der Waals surface area contributed by atoms with Crippen molar-refractivity contribution in [2.75, 3.05) is 37.8 Å². The predicted molar refractivity (Wildman–Crippen MR) is 99.3 cm³/mol. The Morgan fingerprint density at radius 2 is 2.04 bits per heavy atom. The molecular weight excluding hydrogens is 330 g/mol. The molecule has 26 heavy (non-hydrogen) atoms. The van der Waals surface area contributed by atoms with E-state index in [4.69, 9.17) is 14.5 Å². The highest BCUT2D eigenvalue weighted by Crippen LogP contribution is 2.28. The molecule has 4 rings (SSSR count). The van der Waals surface area contributed by atoms with Crippen LogP contribution in [0.15, 0.2) is 30.7 Å². The van der Waals surface area contributed by atoms with E-state index in [-0.39, 0.29) is 0 Å². The molecule has 1 aliphatic heterocycles. The lowest BCUT2D eigenvalue weighted by Crippen LogP contribution is -2.37. The van der Waals surface area contributed by atoms with Crippen LogP contribution >= 0.6 is 0 Å². The van der Waals surface area contributed by atoms with Crippen molar-refractivity contribution in [1.29, 1.82) is 0 Å². The molecule has 0 N–H and O–H groups in total. The summed E-state index contributed by atoms with van der Waals surface area (Å²) in [6, 6.07) is 4.08. The van der Waals surface area contributed by atoms with Gasteiger partial charge in [0.1, 0.15) is 0 Å². The maximum atomic E-state index is 5.46. The summed E-state index contributed by atoms with van der Waals surface area (Å²) in [5.74, 6) is 0.908. The Morgan fingerprint density at radius 3 is 2.77 bits per heavy atom. The Labute approximate surface area is 152 Å². The van der Waals surface area contributed by atoms with Crippen molar-refractivity contribution in [3.63, 3.8) is 0 Å². The van der Waals surface area contributed by atoms with Gasteiger partial charge in [0.2, 0.25) is 0 Å². The largest absolute Gasteiger partial charge is 0.378 e. The summed E-state index contributed by atoms with van der Waals surface area (Å²) in [4.78, 5) is 16.1. The Balaban J connectivity index is 1.72. The summed E-state index contributed by atoms with van der Waals surface area (Å²) in [5.41, 5.74) is 4.85. The summed E-state index contributed by atoms with van der Waals surface area (Å²) < 4.78 is 13.0. The van der Waals surface area contributed by atoms with E-state index in [9.17, 15) is 0 Å². The van der Waals surface area contributed by atoms with Crippen LogP contribution in [-0.4, -0.2) is 52.3 Å². The number of fused-ring (bicyclic) bond motifs is 1. The van der Waals surface area contributed by atoms with E-state index < -0.39 is 0 Å². The lowest BCUT2D eigenvalue weighted by molar-refractivity contribution is 0.122. The smallest absolute Gasteiger partial charge is 0.181 e. The van der Waals surface area contributed by atoms with Crippen LogP contribution in [0.5, 0.6) is 0 Å². The number of aryl methyl sites for hydroxylation is 1. The molecule has 0 atom stereocenters. The van der Waals surface area contributed by atoms with Crippen LogP contribution in [0.25, 0.3) is 16.9 Å². The zero-order valence-electron chi connectivity index (χ0n) is 15.2. The van der Waals surface area contributed by atoms with Gasteiger partial charge < -0.3 is 14.4 Å². The molecule has 0 unspecified atom stereocenters. The molecule has 1 saturated heterocycles. The summed E-state index contributed by atoms with van der Waals surface area (Å²) >= 11 is 0. The van der Waals surface area contributed by atoms with Gasteiger partial charge in [0.25, 0.3) is 0 Å². The van der Waals surface area contributed by atoms with E-state index in [0.29, 0.717) is 13.2 Å². The number of aromatic nitrogens is 4. The van der Waals surface area contributed by atoms with Crippen molar-refractivity contribution in [2.24, 2.45) is 0 Å². The lowest BCUT2D eigenvalue weighted by atomic mass is 10.1. The molecule has 7 nitrogen and oxygen atoms in total. The molecule has 0 aromatic carbocycles. The first kappa shape index (κ1) is 16.9. The number of pyridine rings is 1. The lowest BCUT2D eigenvalue weighted by Gasteiger charge is -2.27. The van der Waals surface area contributed by atoms with Gasteiger partial charge in [-0.15, -0.1) is 0 Å². The molecule has 0 radical (unpaired) electrons. The molecule has 4 heterocycles. The third kappa shape index (κ3) is 3.15. The van der Waals surface area contributed by atoms with Crippen LogP contribution in [0, 0.1) is 6.92 Å². The number of imidazole rings is 1. The third-order valence-corrected chi connectivity index (χ3v) is 4.56. The molecule has 0 aliphatic carbocycles. The molecule has 0 bridgehead atoms. The second kappa shape index (κ2) is 7.39.